The Morgan fingerprint density at radius 1 is 1.85 bits per heavy atom. The molecular weight excluding hydrogens is 231 g/mol. The summed E-state index contributed by atoms with van der Waals surface area (Å²) in [5, 5.41) is 2.89. The number of alkyl halides is 1. The highest BCUT2D eigenvalue weighted by atomic mass is 35.5. The molecule has 0 saturated heterocycles. The lowest BCUT2D eigenvalue weighted by molar-refractivity contribution is -0.120. The first-order chi connectivity index (χ1) is 6.09. The molecule has 1 aromatic heterocycles. The van der Waals surface area contributed by atoms with Crippen LogP contribution in [-0.4, -0.2) is 16.3 Å². The first-order valence-electron chi connectivity index (χ1n) is 3.61. The minimum absolute atomic E-state index is 0.201. The first kappa shape index (κ1) is 10.8. The van der Waals surface area contributed by atoms with Crippen molar-refractivity contribution in [2.45, 2.75) is 18.8 Å². The second-order valence-electron chi connectivity index (χ2n) is 2.39. The van der Waals surface area contributed by atoms with Gasteiger partial charge in [0.05, 0.1) is 12.7 Å². The quantitative estimate of drug-likeness (QED) is 0.820. The number of hydrogen-bond donors (Lipinski definition) is 1. The molecule has 0 aliphatic carbocycles. The maximum atomic E-state index is 11.0. The van der Waals surface area contributed by atoms with Crippen LogP contribution in [0.5, 0.6) is 0 Å². The SMILES string of the molecule is CC(Cl)C(=O)NCc1ncc(Cl)s1. The van der Waals surface area contributed by atoms with Gasteiger partial charge in [0, 0.05) is 0 Å². The van der Waals surface area contributed by atoms with Gasteiger partial charge in [-0.1, -0.05) is 11.6 Å². The molecule has 0 saturated carbocycles. The fourth-order valence-electron chi connectivity index (χ4n) is 0.673. The highest BCUT2D eigenvalue weighted by Crippen LogP contribution is 2.17. The van der Waals surface area contributed by atoms with Gasteiger partial charge in [-0.25, -0.2) is 4.98 Å². The molecule has 0 radical (unpaired) electrons. The van der Waals surface area contributed by atoms with Crippen molar-refractivity contribution in [3.8, 4) is 0 Å². The van der Waals surface area contributed by atoms with Crippen LogP contribution in [0, 0.1) is 0 Å². The summed E-state index contributed by atoms with van der Waals surface area (Å²) in [5.41, 5.74) is 0. The lowest BCUT2D eigenvalue weighted by Gasteiger charge is -2.03. The third kappa shape index (κ3) is 3.50. The number of carbonyl (C=O) groups is 1. The van der Waals surface area contributed by atoms with Crippen molar-refractivity contribution in [2.24, 2.45) is 0 Å². The second kappa shape index (κ2) is 4.79. The van der Waals surface area contributed by atoms with Crippen LogP contribution >= 0.6 is 34.5 Å². The Bertz CT molecular complexity index is 300. The summed E-state index contributed by atoms with van der Waals surface area (Å²) < 4.78 is 0.614. The Kier molecular flexibility index (Phi) is 3.96. The summed E-state index contributed by atoms with van der Waals surface area (Å²) in [4.78, 5) is 15.0. The van der Waals surface area contributed by atoms with E-state index in [1.807, 2.05) is 0 Å². The van der Waals surface area contributed by atoms with Crippen molar-refractivity contribution in [2.75, 3.05) is 0 Å². The number of carbonyl (C=O) groups excluding carboxylic acids is 1. The molecule has 1 aromatic rings. The van der Waals surface area contributed by atoms with Crippen LogP contribution < -0.4 is 5.32 Å². The molecule has 72 valence electrons. The predicted octanol–water partition coefficient (Wildman–Crippen LogP) is 2.04. The number of halogens is 2. The topological polar surface area (TPSA) is 42.0 Å². The minimum atomic E-state index is -0.518. The number of nitrogens with one attached hydrogen (secondary N) is 1. The monoisotopic (exact) mass is 238 g/mol. The maximum Gasteiger partial charge on any atom is 0.238 e. The Hall–Kier alpha value is -0.320. The largest absolute Gasteiger partial charge is 0.348 e. The van der Waals surface area contributed by atoms with E-state index < -0.39 is 5.38 Å². The molecule has 1 heterocycles. The van der Waals surface area contributed by atoms with E-state index in [-0.39, 0.29) is 5.91 Å². The summed E-state index contributed by atoms with van der Waals surface area (Å²) in [5.74, 6) is -0.201. The zero-order chi connectivity index (χ0) is 9.84. The zero-order valence-electron chi connectivity index (χ0n) is 6.88. The van der Waals surface area contributed by atoms with E-state index in [2.05, 4.69) is 10.3 Å². The molecule has 0 aromatic carbocycles. The van der Waals surface area contributed by atoms with E-state index in [0.717, 1.165) is 5.01 Å². The standard InChI is InChI=1S/C7H8Cl2N2OS/c1-4(8)7(12)11-3-6-10-2-5(9)13-6/h2,4H,3H2,1H3,(H,11,12). The van der Waals surface area contributed by atoms with Gasteiger partial charge in [0.25, 0.3) is 0 Å². The van der Waals surface area contributed by atoms with Gasteiger partial charge in [-0.3, -0.25) is 4.79 Å². The van der Waals surface area contributed by atoms with E-state index in [4.69, 9.17) is 23.2 Å². The van der Waals surface area contributed by atoms with Gasteiger partial charge < -0.3 is 5.32 Å². The lowest BCUT2D eigenvalue weighted by Crippen LogP contribution is -2.28. The molecule has 3 nitrogen and oxygen atoms in total. The van der Waals surface area contributed by atoms with Crippen molar-refractivity contribution >= 4 is 40.4 Å². The lowest BCUT2D eigenvalue weighted by atomic mass is 10.4. The van der Waals surface area contributed by atoms with Gasteiger partial charge in [-0.2, -0.15) is 0 Å². The number of hydrogen-bond acceptors (Lipinski definition) is 3. The van der Waals surface area contributed by atoms with Gasteiger partial charge in [0.2, 0.25) is 5.91 Å². The Morgan fingerprint density at radius 3 is 3.00 bits per heavy atom. The minimum Gasteiger partial charge on any atom is -0.348 e. The summed E-state index contributed by atoms with van der Waals surface area (Å²) in [6.07, 6.45) is 1.55. The molecule has 1 N–H and O–H groups in total. The number of amides is 1. The maximum absolute atomic E-state index is 11.0. The Labute approximate surface area is 90.1 Å². The predicted molar refractivity (Wildman–Crippen MR) is 54.3 cm³/mol. The summed E-state index contributed by atoms with van der Waals surface area (Å²) in [7, 11) is 0. The molecule has 0 fully saturated rings. The van der Waals surface area contributed by atoms with Crippen LogP contribution in [0.4, 0.5) is 0 Å². The average Bonchev–Trinajstić information content (AvgIpc) is 2.47. The van der Waals surface area contributed by atoms with Crippen LogP contribution in [0.25, 0.3) is 0 Å². The summed E-state index contributed by atoms with van der Waals surface area (Å²) >= 11 is 12.5. The molecular formula is C7H8Cl2N2OS. The number of aromatic nitrogens is 1. The normalized spacial score (nSPS) is 12.5. The molecule has 1 amide bonds. The number of rotatable bonds is 3. The van der Waals surface area contributed by atoms with Crippen LogP contribution in [0.15, 0.2) is 6.20 Å². The summed E-state index contributed by atoms with van der Waals surface area (Å²) in [6.45, 7) is 2.00. The van der Waals surface area contributed by atoms with Gasteiger partial charge in [0.1, 0.15) is 14.7 Å². The van der Waals surface area contributed by atoms with Crippen LogP contribution in [0.1, 0.15) is 11.9 Å². The number of thiazole rings is 1. The van der Waals surface area contributed by atoms with Gasteiger partial charge in [-0.05, 0) is 6.92 Å². The first-order valence-corrected chi connectivity index (χ1v) is 5.24. The third-order valence-electron chi connectivity index (χ3n) is 1.30. The van der Waals surface area contributed by atoms with Crippen molar-refractivity contribution in [1.82, 2.24) is 10.3 Å². The highest BCUT2D eigenvalue weighted by molar-refractivity contribution is 7.15. The van der Waals surface area contributed by atoms with E-state index in [0.29, 0.717) is 10.9 Å². The van der Waals surface area contributed by atoms with E-state index in [1.54, 1.807) is 13.1 Å². The van der Waals surface area contributed by atoms with E-state index >= 15 is 0 Å². The zero-order valence-corrected chi connectivity index (χ0v) is 9.21. The Balaban J connectivity index is 2.39. The fourth-order valence-corrected chi connectivity index (χ4v) is 1.65. The Morgan fingerprint density at radius 2 is 2.54 bits per heavy atom. The molecule has 6 heteroatoms. The molecule has 13 heavy (non-hydrogen) atoms. The molecule has 1 atom stereocenters. The van der Waals surface area contributed by atoms with Gasteiger partial charge in [-0.15, -0.1) is 22.9 Å². The van der Waals surface area contributed by atoms with Gasteiger partial charge in [0.15, 0.2) is 0 Å². The van der Waals surface area contributed by atoms with Crippen LogP contribution in [0.2, 0.25) is 4.34 Å². The fraction of sp³-hybridized carbons (Fsp3) is 0.429. The molecule has 1 rings (SSSR count). The van der Waals surface area contributed by atoms with E-state index in [9.17, 15) is 4.79 Å². The molecule has 0 aliphatic rings. The molecule has 0 bridgehead atoms. The van der Waals surface area contributed by atoms with Crippen LogP contribution in [0.3, 0.4) is 0 Å². The van der Waals surface area contributed by atoms with E-state index in [1.165, 1.54) is 11.3 Å². The number of nitrogens with zero attached hydrogens (tertiary/aromatic N) is 1. The smallest absolute Gasteiger partial charge is 0.238 e. The second-order valence-corrected chi connectivity index (χ2v) is 4.79. The van der Waals surface area contributed by atoms with Crippen molar-refractivity contribution < 1.29 is 4.79 Å². The summed E-state index contributed by atoms with van der Waals surface area (Å²) in [6, 6.07) is 0. The highest BCUT2D eigenvalue weighted by Gasteiger charge is 2.08. The van der Waals surface area contributed by atoms with Gasteiger partial charge >= 0.3 is 0 Å². The van der Waals surface area contributed by atoms with Crippen molar-refractivity contribution in [3.05, 3.63) is 15.5 Å². The van der Waals surface area contributed by atoms with Crippen molar-refractivity contribution in [1.29, 1.82) is 0 Å². The molecule has 0 aliphatic heterocycles. The molecule has 0 spiro atoms. The van der Waals surface area contributed by atoms with Crippen molar-refractivity contribution in [3.63, 3.8) is 0 Å². The van der Waals surface area contributed by atoms with Crippen LogP contribution in [-0.2, 0) is 11.3 Å². The third-order valence-corrected chi connectivity index (χ3v) is 2.61. The molecule has 1 unspecified atom stereocenters. The average molecular weight is 239 g/mol.